The second kappa shape index (κ2) is 7.02. The predicted molar refractivity (Wildman–Crippen MR) is 82.7 cm³/mol. The molecule has 7 heteroatoms. The van der Waals surface area contributed by atoms with Gasteiger partial charge in [0.1, 0.15) is 5.82 Å². The Labute approximate surface area is 129 Å². The van der Waals surface area contributed by atoms with Crippen LogP contribution in [0.15, 0.2) is 30.3 Å². The van der Waals surface area contributed by atoms with Crippen LogP contribution in [0.1, 0.15) is 18.4 Å². The molecule has 0 saturated carbocycles. The Bertz CT molecular complexity index is 648. The Morgan fingerprint density at radius 1 is 1.27 bits per heavy atom. The molecule has 2 rings (SSSR count). The molecule has 120 valence electrons. The number of sulfonamides is 1. The summed E-state index contributed by atoms with van der Waals surface area (Å²) in [6.45, 7) is 1.04. The number of nitrogens with two attached hydrogens (primary N) is 1. The first kappa shape index (κ1) is 16.6. The van der Waals surface area contributed by atoms with Crippen LogP contribution in [0.4, 0.5) is 4.39 Å². The number of halogens is 1. The first-order valence-electron chi connectivity index (χ1n) is 7.06. The van der Waals surface area contributed by atoms with Gasteiger partial charge in [-0.25, -0.2) is 17.9 Å². The van der Waals surface area contributed by atoms with Crippen molar-refractivity contribution < 1.29 is 17.6 Å². The van der Waals surface area contributed by atoms with E-state index in [0.29, 0.717) is 25.9 Å². The molecule has 1 aromatic carbocycles. The fourth-order valence-corrected chi connectivity index (χ4v) is 3.49. The molecule has 1 aliphatic heterocycles. The van der Waals surface area contributed by atoms with E-state index in [1.807, 2.05) is 0 Å². The molecule has 1 saturated heterocycles. The first-order chi connectivity index (χ1) is 10.3. The van der Waals surface area contributed by atoms with Crippen molar-refractivity contribution in [3.05, 3.63) is 41.7 Å². The van der Waals surface area contributed by atoms with Crippen molar-refractivity contribution >= 4 is 22.0 Å². The van der Waals surface area contributed by atoms with Gasteiger partial charge in [0, 0.05) is 19.2 Å². The highest BCUT2D eigenvalue weighted by atomic mass is 32.2. The summed E-state index contributed by atoms with van der Waals surface area (Å²) in [5, 5.41) is 5.04. The number of primary sulfonamides is 1. The molecule has 1 amide bonds. The minimum atomic E-state index is -3.46. The Morgan fingerprint density at radius 2 is 1.86 bits per heavy atom. The molecule has 22 heavy (non-hydrogen) atoms. The van der Waals surface area contributed by atoms with E-state index in [-0.39, 0.29) is 23.4 Å². The lowest BCUT2D eigenvalue weighted by Crippen LogP contribution is -2.39. The van der Waals surface area contributed by atoms with E-state index in [1.165, 1.54) is 18.2 Å². The smallest absolute Gasteiger partial charge is 0.246 e. The van der Waals surface area contributed by atoms with E-state index in [2.05, 4.69) is 0 Å². The van der Waals surface area contributed by atoms with E-state index in [0.717, 1.165) is 5.56 Å². The van der Waals surface area contributed by atoms with E-state index in [9.17, 15) is 17.6 Å². The van der Waals surface area contributed by atoms with Crippen molar-refractivity contribution in [2.45, 2.75) is 12.8 Å². The molecule has 1 heterocycles. The Morgan fingerprint density at radius 3 is 2.41 bits per heavy atom. The molecule has 1 aliphatic rings. The Kier molecular flexibility index (Phi) is 5.31. The van der Waals surface area contributed by atoms with Gasteiger partial charge in [-0.3, -0.25) is 4.79 Å². The maximum Gasteiger partial charge on any atom is 0.246 e. The van der Waals surface area contributed by atoms with Crippen LogP contribution in [0.3, 0.4) is 0 Å². The molecule has 2 N–H and O–H groups in total. The van der Waals surface area contributed by atoms with Crippen LogP contribution in [-0.2, 0) is 14.8 Å². The molecule has 0 unspecified atom stereocenters. The molecular weight excluding hydrogens is 307 g/mol. The molecule has 0 aliphatic carbocycles. The molecule has 0 atom stereocenters. The van der Waals surface area contributed by atoms with Gasteiger partial charge < -0.3 is 4.90 Å². The number of rotatable bonds is 4. The van der Waals surface area contributed by atoms with Crippen LogP contribution >= 0.6 is 0 Å². The summed E-state index contributed by atoms with van der Waals surface area (Å²) in [6, 6.07) is 5.86. The highest BCUT2D eigenvalue weighted by Gasteiger charge is 2.24. The van der Waals surface area contributed by atoms with Crippen LogP contribution < -0.4 is 5.14 Å². The molecular formula is C15H19FN2O3S. The summed E-state index contributed by atoms with van der Waals surface area (Å²) < 4.78 is 34.9. The van der Waals surface area contributed by atoms with E-state index >= 15 is 0 Å². The van der Waals surface area contributed by atoms with E-state index in [1.54, 1.807) is 23.1 Å². The second-order valence-corrected chi connectivity index (χ2v) is 7.14. The molecule has 1 fully saturated rings. The number of hydrogen-bond donors (Lipinski definition) is 1. The van der Waals surface area contributed by atoms with Crippen molar-refractivity contribution in [3.8, 4) is 0 Å². The van der Waals surface area contributed by atoms with Crippen molar-refractivity contribution in [1.29, 1.82) is 0 Å². The zero-order valence-electron chi connectivity index (χ0n) is 12.1. The second-order valence-electron chi connectivity index (χ2n) is 5.48. The normalized spacial score (nSPS) is 17.1. The zero-order chi connectivity index (χ0) is 16.2. The maximum absolute atomic E-state index is 12.8. The largest absolute Gasteiger partial charge is 0.339 e. The van der Waals surface area contributed by atoms with Gasteiger partial charge in [0.2, 0.25) is 15.9 Å². The number of amides is 1. The number of nitrogens with zero attached hydrogens (tertiary/aromatic N) is 1. The van der Waals surface area contributed by atoms with Crippen LogP contribution in [0.5, 0.6) is 0 Å². The summed E-state index contributed by atoms with van der Waals surface area (Å²) in [4.78, 5) is 13.7. The highest BCUT2D eigenvalue weighted by Crippen LogP contribution is 2.18. The molecule has 0 aromatic heterocycles. The van der Waals surface area contributed by atoms with Crippen LogP contribution in [-0.4, -0.2) is 38.1 Å². The first-order valence-corrected chi connectivity index (χ1v) is 8.78. The molecule has 0 radical (unpaired) electrons. The summed E-state index contributed by atoms with van der Waals surface area (Å²) in [5.74, 6) is -0.459. The lowest BCUT2D eigenvalue weighted by atomic mass is 9.99. The topological polar surface area (TPSA) is 80.5 Å². The van der Waals surface area contributed by atoms with Crippen LogP contribution in [0.2, 0.25) is 0 Å². The fraction of sp³-hybridized carbons (Fsp3) is 0.400. The van der Waals surface area contributed by atoms with Crippen LogP contribution in [0.25, 0.3) is 6.08 Å². The third kappa shape index (κ3) is 5.23. The number of carbonyl (C=O) groups is 1. The van der Waals surface area contributed by atoms with Gasteiger partial charge in [0.15, 0.2) is 0 Å². The van der Waals surface area contributed by atoms with Crippen molar-refractivity contribution in [3.63, 3.8) is 0 Å². The number of hydrogen-bond acceptors (Lipinski definition) is 3. The van der Waals surface area contributed by atoms with Crippen LogP contribution in [0, 0.1) is 11.7 Å². The molecule has 5 nitrogen and oxygen atoms in total. The number of likely N-dealkylation sites (tertiary alicyclic amines) is 1. The van der Waals surface area contributed by atoms with Gasteiger partial charge in [0.05, 0.1) is 5.75 Å². The molecule has 1 aromatic rings. The summed E-state index contributed by atoms with van der Waals surface area (Å²) in [5.41, 5.74) is 0.749. The predicted octanol–water partition coefficient (Wildman–Crippen LogP) is 1.37. The van der Waals surface area contributed by atoms with Crippen molar-refractivity contribution in [1.82, 2.24) is 4.90 Å². The average Bonchev–Trinajstić information content (AvgIpc) is 2.45. The summed E-state index contributed by atoms with van der Waals surface area (Å²) in [7, 11) is -3.46. The minimum Gasteiger partial charge on any atom is -0.339 e. The van der Waals surface area contributed by atoms with Crippen molar-refractivity contribution in [2.75, 3.05) is 18.8 Å². The average molecular weight is 326 g/mol. The highest BCUT2D eigenvalue weighted by molar-refractivity contribution is 7.89. The van der Waals surface area contributed by atoms with Crippen molar-refractivity contribution in [2.24, 2.45) is 11.1 Å². The summed E-state index contributed by atoms with van der Waals surface area (Å²) >= 11 is 0. The number of carbonyl (C=O) groups excluding carboxylic acids is 1. The zero-order valence-corrected chi connectivity index (χ0v) is 12.9. The Hall–Kier alpha value is -1.73. The quantitative estimate of drug-likeness (QED) is 0.849. The lowest BCUT2D eigenvalue weighted by molar-refractivity contribution is -0.127. The number of piperidine rings is 1. The third-order valence-electron chi connectivity index (χ3n) is 3.68. The maximum atomic E-state index is 12.8. The minimum absolute atomic E-state index is 0.0140. The van der Waals surface area contributed by atoms with E-state index < -0.39 is 10.0 Å². The fourth-order valence-electron chi connectivity index (χ4n) is 2.50. The van der Waals surface area contributed by atoms with Gasteiger partial charge in [-0.1, -0.05) is 12.1 Å². The lowest BCUT2D eigenvalue weighted by Gasteiger charge is -2.30. The third-order valence-corrected chi connectivity index (χ3v) is 4.62. The number of benzene rings is 1. The standard InChI is InChI=1S/C15H19FN2O3S/c16-14-4-1-12(2-5-14)3-6-15(19)18-9-7-13(8-10-18)11-22(17,20)21/h1-6,13H,7-11H2,(H2,17,20,21)/b6-3+. The Balaban J connectivity index is 1.86. The van der Waals surface area contributed by atoms with Gasteiger partial charge in [-0.2, -0.15) is 0 Å². The summed E-state index contributed by atoms with van der Waals surface area (Å²) in [6.07, 6.45) is 4.35. The monoisotopic (exact) mass is 326 g/mol. The van der Waals surface area contributed by atoms with E-state index in [4.69, 9.17) is 5.14 Å². The SMILES string of the molecule is NS(=O)(=O)CC1CCN(C(=O)/C=C/c2ccc(F)cc2)CC1. The van der Waals surface area contributed by atoms with Gasteiger partial charge in [0.25, 0.3) is 0 Å². The van der Waals surface area contributed by atoms with Gasteiger partial charge in [-0.15, -0.1) is 0 Å². The molecule has 0 spiro atoms. The molecule has 0 bridgehead atoms. The van der Waals surface area contributed by atoms with Gasteiger partial charge in [-0.05, 0) is 42.5 Å². The van der Waals surface area contributed by atoms with Gasteiger partial charge >= 0.3 is 0 Å².